The summed E-state index contributed by atoms with van der Waals surface area (Å²) >= 11 is 3.50. The molecule has 0 radical (unpaired) electrons. The van der Waals surface area contributed by atoms with Gasteiger partial charge in [0, 0.05) is 24.7 Å². The Bertz CT molecular complexity index is 874. The number of fused-ring (bicyclic) bond motifs is 1. The predicted octanol–water partition coefficient (Wildman–Crippen LogP) is 2.89. The van der Waals surface area contributed by atoms with E-state index in [1.807, 2.05) is 11.6 Å². The van der Waals surface area contributed by atoms with E-state index in [0.717, 1.165) is 10.2 Å². The zero-order chi connectivity index (χ0) is 15.1. The van der Waals surface area contributed by atoms with E-state index in [0.29, 0.717) is 22.4 Å². The molecule has 2 aromatic heterocycles. The number of nitrogens with zero attached hydrogens (tertiary/aromatic N) is 4. The fourth-order valence-electron chi connectivity index (χ4n) is 2.31. The largest absolute Gasteiger partial charge is 0.383 e. The molecule has 21 heavy (non-hydrogen) atoms. The van der Waals surface area contributed by atoms with E-state index >= 15 is 0 Å². The van der Waals surface area contributed by atoms with Crippen LogP contribution in [0.2, 0.25) is 0 Å². The van der Waals surface area contributed by atoms with Gasteiger partial charge in [-0.15, -0.1) is 0 Å². The molecule has 106 valence electrons. The molecule has 2 heterocycles. The van der Waals surface area contributed by atoms with Gasteiger partial charge in [0.2, 0.25) is 0 Å². The lowest BCUT2D eigenvalue weighted by molar-refractivity contribution is -0.384. The van der Waals surface area contributed by atoms with Crippen LogP contribution in [0, 0.1) is 10.1 Å². The number of nitrogen functional groups attached to an aromatic ring is 1. The van der Waals surface area contributed by atoms with E-state index in [-0.39, 0.29) is 5.69 Å². The Morgan fingerprint density at radius 1 is 1.38 bits per heavy atom. The molecular formula is C13H10BrN5O2. The molecule has 0 unspecified atom stereocenters. The van der Waals surface area contributed by atoms with Crippen molar-refractivity contribution in [2.24, 2.45) is 7.05 Å². The fraction of sp³-hybridized carbons (Fsp3) is 0.0769. The lowest BCUT2D eigenvalue weighted by Crippen LogP contribution is -1.96. The van der Waals surface area contributed by atoms with Gasteiger partial charge in [-0.3, -0.25) is 10.1 Å². The number of non-ortho nitro benzene ring substituents is 1. The van der Waals surface area contributed by atoms with Gasteiger partial charge in [0.25, 0.3) is 5.69 Å². The molecule has 7 nitrogen and oxygen atoms in total. The summed E-state index contributed by atoms with van der Waals surface area (Å²) in [6.07, 6.45) is 1.39. The number of aromatic nitrogens is 3. The van der Waals surface area contributed by atoms with Crippen molar-refractivity contribution in [1.29, 1.82) is 0 Å². The van der Waals surface area contributed by atoms with Crippen LogP contribution < -0.4 is 5.73 Å². The Hall–Kier alpha value is -2.48. The molecule has 0 amide bonds. The Morgan fingerprint density at radius 3 is 2.81 bits per heavy atom. The number of nitro benzene ring substituents is 1. The molecule has 2 N–H and O–H groups in total. The second-order valence-corrected chi connectivity index (χ2v) is 5.28. The summed E-state index contributed by atoms with van der Waals surface area (Å²) in [5.74, 6) is 0.360. The molecule has 0 bridgehead atoms. The van der Waals surface area contributed by atoms with Gasteiger partial charge in [-0.05, 0) is 15.9 Å². The molecule has 0 spiro atoms. The maximum atomic E-state index is 10.9. The highest BCUT2D eigenvalue weighted by Crippen LogP contribution is 2.38. The third-order valence-corrected chi connectivity index (χ3v) is 4.04. The molecular weight excluding hydrogens is 338 g/mol. The second-order valence-electron chi connectivity index (χ2n) is 4.49. The Morgan fingerprint density at radius 2 is 2.14 bits per heavy atom. The molecule has 1 aromatic carbocycles. The summed E-state index contributed by atoms with van der Waals surface area (Å²) in [4.78, 5) is 18.7. The number of rotatable bonds is 2. The number of halogens is 1. The van der Waals surface area contributed by atoms with Crippen LogP contribution in [0.3, 0.4) is 0 Å². The average molecular weight is 348 g/mol. The maximum absolute atomic E-state index is 10.9. The standard InChI is InChI=1S/C13H10BrN5O2/c1-18-11(7-3-2-4-8(5-7)19(20)21)10(14)9-12(15)16-6-17-13(9)18/h2-6H,1H3,(H2,15,16,17). The highest BCUT2D eigenvalue weighted by atomic mass is 79.9. The summed E-state index contributed by atoms with van der Waals surface area (Å²) in [5.41, 5.74) is 8.06. The number of anilines is 1. The fourth-order valence-corrected chi connectivity index (χ4v) is 3.19. The summed E-state index contributed by atoms with van der Waals surface area (Å²) in [5, 5.41) is 11.6. The topological polar surface area (TPSA) is 99.9 Å². The van der Waals surface area contributed by atoms with E-state index in [1.54, 1.807) is 12.1 Å². The first-order valence-electron chi connectivity index (χ1n) is 6.00. The van der Waals surface area contributed by atoms with Crippen molar-refractivity contribution in [2.45, 2.75) is 0 Å². The second kappa shape index (κ2) is 4.81. The van der Waals surface area contributed by atoms with Crippen LogP contribution in [0.15, 0.2) is 35.1 Å². The van der Waals surface area contributed by atoms with E-state index in [1.165, 1.54) is 18.5 Å². The van der Waals surface area contributed by atoms with Crippen LogP contribution in [0.5, 0.6) is 0 Å². The van der Waals surface area contributed by atoms with Gasteiger partial charge in [0.1, 0.15) is 17.8 Å². The molecule has 3 rings (SSSR count). The minimum atomic E-state index is -0.422. The number of nitrogens with two attached hydrogens (primary N) is 1. The van der Waals surface area contributed by atoms with Crippen LogP contribution in [-0.4, -0.2) is 19.5 Å². The summed E-state index contributed by atoms with van der Waals surface area (Å²) in [6.45, 7) is 0. The van der Waals surface area contributed by atoms with E-state index in [2.05, 4.69) is 25.9 Å². The summed E-state index contributed by atoms with van der Waals surface area (Å²) in [7, 11) is 1.83. The third kappa shape index (κ3) is 2.04. The normalized spacial score (nSPS) is 11.0. The van der Waals surface area contributed by atoms with Gasteiger partial charge in [0.15, 0.2) is 0 Å². The predicted molar refractivity (Wildman–Crippen MR) is 82.7 cm³/mol. The SMILES string of the molecule is Cn1c(-c2cccc([N+](=O)[O-])c2)c(Br)c2c(N)ncnc21. The smallest absolute Gasteiger partial charge is 0.270 e. The quantitative estimate of drug-likeness (QED) is 0.567. The first-order valence-corrected chi connectivity index (χ1v) is 6.79. The Labute approximate surface area is 127 Å². The summed E-state index contributed by atoms with van der Waals surface area (Å²) < 4.78 is 2.55. The van der Waals surface area contributed by atoms with E-state index < -0.39 is 4.92 Å². The number of benzene rings is 1. The Balaban J connectivity index is 2.33. The molecule has 0 saturated heterocycles. The van der Waals surface area contributed by atoms with Crippen molar-refractivity contribution in [3.05, 3.63) is 45.2 Å². The van der Waals surface area contributed by atoms with Crippen LogP contribution in [-0.2, 0) is 7.05 Å². The van der Waals surface area contributed by atoms with Gasteiger partial charge in [-0.2, -0.15) is 0 Å². The zero-order valence-electron chi connectivity index (χ0n) is 10.9. The number of hydrogen-bond acceptors (Lipinski definition) is 5. The molecule has 3 aromatic rings. The third-order valence-electron chi connectivity index (χ3n) is 3.27. The number of nitro groups is 1. The molecule has 8 heteroatoms. The lowest BCUT2D eigenvalue weighted by atomic mass is 10.1. The van der Waals surface area contributed by atoms with Crippen molar-refractivity contribution in [1.82, 2.24) is 14.5 Å². The zero-order valence-corrected chi connectivity index (χ0v) is 12.5. The van der Waals surface area contributed by atoms with Gasteiger partial charge < -0.3 is 10.3 Å². The summed E-state index contributed by atoms with van der Waals surface area (Å²) in [6, 6.07) is 6.42. The van der Waals surface area contributed by atoms with Crippen LogP contribution >= 0.6 is 15.9 Å². The van der Waals surface area contributed by atoms with Crippen LogP contribution in [0.4, 0.5) is 11.5 Å². The van der Waals surface area contributed by atoms with Gasteiger partial charge in [0.05, 0.1) is 20.5 Å². The molecule has 0 aliphatic rings. The van der Waals surface area contributed by atoms with Crippen molar-refractivity contribution >= 4 is 38.5 Å². The number of hydrogen-bond donors (Lipinski definition) is 1. The van der Waals surface area contributed by atoms with Crippen molar-refractivity contribution in [2.75, 3.05) is 5.73 Å². The molecule has 0 aliphatic carbocycles. The van der Waals surface area contributed by atoms with Crippen LogP contribution in [0.25, 0.3) is 22.3 Å². The highest BCUT2D eigenvalue weighted by molar-refractivity contribution is 9.10. The minimum Gasteiger partial charge on any atom is -0.383 e. The molecule has 0 atom stereocenters. The van der Waals surface area contributed by atoms with Crippen molar-refractivity contribution < 1.29 is 4.92 Å². The first kappa shape index (κ1) is 13.5. The average Bonchev–Trinajstić information content (AvgIpc) is 2.72. The van der Waals surface area contributed by atoms with Gasteiger partial charge >= 0.3 is 0 Å². The van der Waals surface area contributed by atoms with E-state index in [9.17, 15) is 10.1 Å². The Kier molecular flexibility index (Phi) is 3.09. The van der Waals surface area contributed by atoms with Crippen LogP contribution in [0.1, 0.15) is 0 Å². The highest BCUT2D eigenvalue weighted by Gasteiger charge is 2.19. The lowest BCUT2D eigenvalue weighted by Gasteiger charge is -2.04. The molecule has 0 aliphatic heterocycles. The molecule has 0 fully saturated rings. The van der Waals surface area contributed by atoms with Gasteiger partial charge in [-0.1, -0.05) is 12.1 Å². The monoisotopic (exact) mass is 347 g/mol. The first-order chi connectivity index (χ1) is 10.0. The van der Waals surface area contributed by atoms with Crippen molar-refractivity contribution in [3.8, 4) is 11.3 Å². The number of aryl methyl sites for hydroxylation is 1. The van der Waals surface area contributed by atoms with Crippen molar-refractivity contribution in [3.63, 3.8) is 0 Å². The molecule has 0 saturated carbocycles. The maximum Gasteiger partial charge on any atom is 0.270 e. The minimum absolute atomic E-state index is 0.0312. The van der Waals surface area contributed by atoms with E-state index in [4.69, 9.17) is 5.73 Å². The van der Waals surface area contributed by atoms with Gasteiger partial charge in [-0.25, -0.2) is 9.97 Å².